The number of hydrogen-bond donors (Lipinski definition) is 2. The summed E-state index contributed by atoms with van der Waals surface area (Å²) in [5.41, 5.74) is 4.20. The van der Waals surface area contributed by atoms with E-state index in [9.17, 15) is 9.90 Å². The van der Waals surface area contributed by atoms with Crippen LogP contribution in [0, 0.1) is 3.57 Å². The molecular weight excluding hydrogens is 437 g/mol. The van der Waals surface area contributed by atoms with E-state index in [1.54, 1.807) is 6.07 Å². The third-order valence-electron chi connectivity index (χ3n) is 4.49. The number of carbonyl (C=O) groups is 1. The van der Waals surface area contributed by atoms with Crippen LogP contribution in [0.5, 0.6) is 0 Å². The summed E-state index contributed by atoms with van der Waals surface area (Å²) in [4.78, 5) is 11.5. The van der Waals surface area contributed by atoms with Gasteiger partial charge in [-0.25, -0.2) is 4.79 Å². The van der Waals surface area contributed by atoms with E-state index in [0.29, 0.717) is 11.5 Å². The van der Waals surface area contributed by atoms with Crippen LogP contribution < -0.4 is 5.32 Å². The molecule has 1 aliphatic heterocycles. The van der Waals surface area contributed by atoms with Gasteiger partial charge in [0.25, 0.3) is 0 Å². The summed E-state index contributed by atoms with van der Waals surface area (Å²) in [7, 11) is 0. The van der Waals surface area contributed by atoms with Crippen LogP contribution in [-0.2, 0) is 6.42 Å². The Balaban J connectivity index is 0.00000208. The SMILES string of the molecule is Cl.O=C(O)c1ccc(Cc2ccccc2)c(C2CCNCC2)c1I. The molecule has 0 spiro atoms. The highest BCUT2D eigenvalue weighted by Gasteiger charge is 2.24. The van der Waals surface area contributed by atoms with Crippen molar-refractivity contribution >= 4 is 41.0 Å². The average molecular weight is 458 g/mol. The van der Waals surface area contributed by atoms with Gasteiger partial charge in [-0.05, 0) is 83.6 Å². The summed E-state index contributed by atoms with van der Waals surface area (Å²) >= 11 is 2.23. The van der Waals surface area contributed by atoms with E-state index in [4.69, 9.17) is 0 Å². The molecule has 3 rings (SSSR count). The van der Waals surface area contributed by atoms with E-state index in [1.165, 1.54) is 16.7 Å². The van der Waals surface area contributed by atoms with Gasteiger partial charge in [-0.2, -0.15) is 0 Å². The molecule has 0 unspecified atom stereocenters. The molecule has 0 aliphatic carbocycles. The molecule has 2 aromatic carbocycles. The minimum atomic E-state index is -0.837. The normalized spacial score (nSPS) is 14.9. The highest BCUT2D eigenvalue weighted by atomic mass is 127. The Morgan fingerprint density at radius 3 is 2.42 bits per heavy atom. The van der Waals surface area contributed by atoms with Gasteiger partial charge in [0.15, 0.2) is 0 Å². The van der Waals surface area contributed by atoms with Crippen molar-refractivity contribution < 1.29 is 9.90 Å². The molecule has 0 saturated carbocycles. The maximum absolute atomic E-state index is 11.5. The van der Waals surface area contributed by atoms with E-state index in [2.05, 4.69) is 52.2 Å². The fourth-order valence-corrected chi connectivity index (χ4v) is 4.52. The summed E-state index contributed by atoms with van der Waals surface area (Å²) in [5.74, 6) is -0.392. The molecule has 0 bridgehead atoms. The molecule has 128 valence electrons. The smallest absolute Gasteiger partial charge is 0.336 e. The molecule has 1 aliphatic rings. The Kier molecular flexibility index (Phi) is 7.07. The van der Waals surface area contributed by atoms with Gasteiger partial charge in [0.05, 0.1) is 5.56 Å². The van der Waals surface area contributed by atoms with E-state index < -0.39 is 5.97 Å². The Morgan fingerprint density at radius 2 is 1.79 bits per heavy atom. The second kappa shape index (κ2) is 8.83. The van der Waals surface area contributed by atoms with Crippen molar-refractivity contribution in [3.63, 3.8) is 0 Å². The fraction of sp³-hybridized carbons (Fsp3) is 0.316. The van der Waals surface area contributed by atoms with Gasteiger partial charge < -0.3 is 10.4 Å². The van der Waals surface area contributed by atoms with Crippen molar-refractivity contribution in [2.45, 2.75) is 25.2 Å². The van der Waals surface area contributed by atoms with Crippen LogP contribution in [0.3, 0.4) is 0 Å². The van der Waals surface area contributed by atoms with E-state index in [-0.39, 0.29) is 12.4 Å². The molecule has 2 N–H and O–H groups in total. The van der Waals surface area contributed by atoms with Crippen LogP contribution in [0.4, 0.5) is 0 Å². The molecular formula is C19H21ClINO2. The molecule has 3 nitrogen and oxygen atoms in total. The fourth-order valence-electron chi connectivity index (χ4n) is 3.32. The molecule has 0 aromatic heterocycles. The number of piperidine rings is 1. The minimum Gasteiger partial charge on any atom is -0.478 e. The first-order valence-electron chi connectivity index (χ1n) is 7.96. The van der Waals surface area contributed by atoms with Crippen LogP contribution >= 0.6 is 35.0 Å². The quantitative estimate of drug-likeness (QED) is 0.666. The number of carboxylic acid groups (broad SMARTS) is 1. The number of halogens is 2. The molecule has 1 fully saturated rings. The zero-order valence-electron chi connectivity index (χ0n) is 13.3. The number of hydrogen-bond acceptors (Lipinski definition) is 2. The van der Waals surface area contributed by atoms with E-state index in [0.717, 1.165) is 35.9 Å². The summed E-state index contributed by atoms with van der Waals surface area (Å²) in [5, 5.41) is 12.8. The van der Waals surface area contributed by atoms with Gasteiger partial charge >= 0.3 is 5.97 Å². The first kappa shape index (κ1) is 19.2. The summed E-state index contributed by atoms with van der Waals surface area (Å²) < 4.78 is 0.912. The average Bonchev–Trinajstić information content (AvgIpc) is 2.56. The predicted octanol–water partition coefficient (Wildman–Crippen LogP) is 4.47. The van der Waals surface area contributed by atoms with Gasteiger partial charge in [-0.1, -0.05) is 36.4 Å². The second-order valence-electron chi connectivity index (χ2n) is 5.99. The summed E-state index contributed by atoms with van der Waals surface area (Å²) in [6, 6.07) is 14.2. The van der Waals surface area contributed by atoms with Crippen LogP contribution in [-0.4, -0.2) is 24.2 Å². The lowest BCUT2D eigenvalue weighted by molar-refractivity contribution is 0.0695. The van der Waals surface area contributed by atoms with Crippen molar-refractivity contribution in [2.75, 3.05) is 13.1 Å². The van der Waals surface area contributed by atoms with Gasteiger partial charge in [0.1, 0.15) is 0 Å². The third-order valence-corrected chi connectivity index (χ3v) is 5.65. The largest absolute Gasteiger partial charge is 0.478 e. The van der Waals surface area contributed by atoms with Crippen molar-refractivity contribution in [1.29, 1.82) is 0 Å². The molecule has 0 amide bonds. The van der Waals surface area contributed by atoms with E-state index >= 15 is 0 Å². The minimum absolute atomic E-state index is 0. The Hall–Kier alpha value is -1.11. The number of rotatable bonds is 4. The zero-order valence-corrected chi connectivity index (χ0v) is 16.3. The number of benzene rings is 2. The van der Waals surface area contributed by atoms with Gasteiger partial charge in [0, 0.05) is 3.57 Å². The summed E-state index contributed by atoms with van der Waals surface area (Å²) in [6.07, 6.45) is 3.00. The predicted molar refractivity (Wildman–Crippen MR) is 107 cm³/mol. The van der Waals surface area contributed by atoms with Crippen LogP contribution in [0.15, 0.2) is 42.5 Å². The Morgan fingerprint density at radius 1 is 1.12 bits per heavy atom. The molecule has 5 heteroatoms. The summed E-state index contributed by atoms with van der Waals surface area (Å²) in [6.45, 7) is 2.01. The highest BCUT2D eigenvalue weighted by Crippen LogP contribution is 2.35. The molecule has 24 heavy (non-hydrogen) atoms. The van der Waals surface area contributed by atoms with Gasteiger partial charge in [-0.15, -0.1) is 12.4 Å². The lowest BCUT2D eigenvalue weighted by Crippen LogP contribution is -2.28. The van der Waals surface area contributed by atoms with Gasteiger partial charge in [0.2, 0.25) is 0 Å². The number of nitrogens with one attached hydrogen (secondary N) is 1. The van der Waals surface area contributed by atoms with Crippen molar-refractivity contribution in [3.05, 3.63) is 68.3 Å². The standard InChI is InChI=1S/C19H20INO2.ClH/c20-18-16(19(22)23)7-6-15(12-13-4-2-1-3-5-13)17(18)14-8-10-21-11-9-14;/h1-7,14,21H,8-12H2,(H,22,23);1H. The molecule has 2 aromatic rings. The van der Waals surface area contributed by atoms with Crippen LogP contribution in [0.2, 0.25) is 0 Å². The zero-order chi connectivity index (χ0) is 16.2. The molecule has 0 atom stereocenters. The topological polar surface area (TPSA) is 49.3 Å². The lowest BCUT2D eigenvalue weighted by Gasteiger charge is -2.27. The van der Waals surface area contributed by atoms with Crippen LogP contribution in [0.1, 0.15) is 45.8 Å². The molecule has 1 heterocycles. The second-order valence-corrected chi connectivity index (χ2v) is 7.07. The first-order valence-corrected chi connectivity index (χ1v) is 9.04. The van der Waals surface area contributed by atoms with Crippen molar-refractivity contribution in [3.8, 4) is 0 Å². The monoisotopic (exact) mass is 457 g/mol. The van der Waals surface area contributed by atoms with Crippen molar-refractivity contribution in [1.82, 2.24) is 5.32 Å². The maximum Gasteiger partial charge on any atom is 0.336 e. The third kappa shape index (κ3) is 4.29. The number of aromatic carboxylic acids is 1. The molecule has 1 saturated heterocycles. The first-order chi connectivity index (χ1) is 11.2. The van der Waals surface area contributed by atoms with Gasteiger partial charge in [-0.3, -0.25) is 0 Å². The Bertz CT molecular complexity index is 700. The van der Waals surface area contributed by atoms with E-state index in [1.807, 2.05) is 12.1 Å². The highest BCUT2D eigenvalue weighted by molar-refractivity contribution is 14.1. The molecule has 0 radical (unpaired) electrons. The Labute approximate surface area is 162 Å². The van der Waals surface area contributed by atoms with Crippen molar-refractivity contribution in [2.24, 2.45) is 0 Å². The van der Waals surface area contributed by atoms with Crippen LogP contribution in [0.25, 0.3) is 0 Å². The number of carboxylic acids is 1. The maximum atomic E-state index is 11.5. The lowest BCUT2D eigenvalue weighted by atomic mass is 9.84.